The van der Waals surface area contributed by atoms with Gasteiger partial charge >= 0.3 is 0 Å². The molecule has 2 atom stereocenters. The highest BCUT2D eigenvalue weighted by atomic mass is 15.4. The SMILES string of the molecule is CCC1N(C)CC(C)N1C. The van der Waals surface area contributed by atoms with Crippen LogP contribution in [-0.2, 0) is 0 Å². The molecule has 0 amide bonds. The highest BCUT2D eigenvalue weighted by Gasteiger charge is 2.29. The Morgan fingerprint density at radius 3 is 2.20 bits per heavy atom. The van der Waals surface area contributed by atoms with E-state index in [1.807, 2.05) is 0 Å². The molecule has 1 aliphatic rings. The first-order chi connectivity index (χ1) is 4.66. The van der Waals surface area contributed by atoms with Crippen molar-refractivity contribution in [3.8, 4) is 0 Å². The van der Waals surface area contributed by atoms with Crippen molar-refractivity contribution in [2.45, 2.75) is 32.5 Å². The summed E-state index contributed by atoms with van der Waals surface area (Å²) in [4.78, 5) is 4.87. The molecule has 10 heavy (non-hydrogen) atoms. The van der Waals surface area contributed by atoms with Crippen molar-refractivity contribution in [2.75, 3.05) is 20.6 Å². The molecule has 1 aliphatic heterocycles. The summed E-state index contributed by atoms with van der Waals surface area (Å²) >= 11 is 0. The summed E-state index contributed by atoms with van der Waals surface area (Å²) in [6.45, 7) is 5.75. The first-order valence-corrected chi connectivity index (χ1v) is 4.09. The van der Waals surface area contributed by atoms with Crippen LogP contribution in [0.15, 0.2) is 0 Å². The molecule has 0 bridgehead atoms. The molecule has 0 aromatic carbocycles. The highest BCUT2D eigenvalue weighted by molar-refractivity contribution is 4.82. The molecule has 1 rings (SSSR count). The van der Waals surface area contributed by atoms with Crippen molar-refractivity contribution >= 4 is 0 Å². The van der Waals surface area contributed by atoms with E-state index in [4.69, 9.17) is 0 Å². The van der Waals surface area contributed by atoms with Gasteiger partial charge in [0, 0.05) is 12.6 Å². The smallest absolute Gasteiger partial charge is 0.0618 e. The van der Waals surface area contributed by atoms with Gasteiger partial charge in [-0.05, 0) is 27.4 Å². The molecule has 0 aromatic rings. The van der Waals surface area contributed by atoms with Gasteiger partial charge in [-0.15, -0.1) is 0 Å². The fraction of sp³-hybridized carbons (Fsp3) is 1.00. The maximum absolute atomic E-state index is 2.44. The predicted octanol–water partition coefficient (Wildman–Crippen LogP) is 0.988. The molecule has 1 saturated heterocycles. The first-order valence-electron chi connectivity index (χ1n) is 4.09. The lowest BCUT2D eigenvalue weighted by Gasteiger charge is -2.24. The Bertz CT molecular complexity index is 114. The largest absolute Gasteiger partial charge is 0.289 e. The molecular formula is C8H18N2. The summed E-state index contributed by atoms with van der Waals surface area (Å²) < 4.78 is 0. The Morgan fingerprint density at radius 1 is 1.40 bits per heavy atom. The van der Waals surface area contributed by atoms with Gasteiger partial charge in [0.25, 0.3) is 0 Å². The first kappa shape index (κ1) is 8.02. The Morgan fingerprint density at radius 2 is 2.00 bits per heavy atom. The fourth-order valence-corrected chi connectivity index (χ4v) is 1.87. The molecule has 2 nitrogen and oxygen atoms in total. The minimum Gasteiger partial charge on any atom is -0.289 e. The molecule has 0 radical (unpaired) electrons. The number of nitrogens with zero attached hydrogens (tertiary/aromatic N) is 2. The van der Waals surface area contributed by atoms with Crippen molar-refractivity contribution in [2.24, 2.45) is 0 Å². The fourth-order valence-electron chi connectivity index (χ4n) is 1.87. The molecule has 60 valence electrons. The maximum Gasteiger partial charge on any atom is 0.0618 e. The van der Waals surface area contributed by atoms with Crippen LogP contribution in [-0.4, -0.2) is 42.6 Å². The molecule has 2 heteroatoms. The highest BCUT2D eigenvalue weighted by Crippen LogP contribution is 2.18. The summed E-state index contributed by atoms with van der Waals surface area (Å²) in [5.41, 5.74) is 0. The Labute approximate surface area is 63.8 Å². The minimum atomic E-state index is 0.676. The molecule has 0 spiro atoms. The van der Waals surface area contributed by atoms with Crippen LogP contribution in [0.3, 0.4) is 0 Å². The number of hydrogen-bond donors (Lipinski definition) is 0. The number of hydrogen-bond acceptors (Lipinski definition) is 2. The van der Waals surface area contributed by atoms with Crippen molar-refractivity contribution in [3.63, 3.8) is 0 Å². The van der Waals surface area contributed by atoms with Crippen LogP contribution in [0.5, 0.6) is 0 Å². The summed E-state index contributed by atoms with van der Waals surface area (Å²) in [6.07, 6.45) is 1.91. The van der Waals surface area contributed by atoms with Crippen molar-refractivity contribution in [1.29, 1.82) is 0 Å². The normalized spacial score (nSPS) is 37.2. The van der Waals surface area contributed by atoms with E-state index in [1.54, 1.807) is 0 Å². The van der Waals surface area contributed by atoms with E-state index in [2.05, 4.69) is 37.7 Å². The van der Waals surface area contributed by atoms with E-state index in [-0.39, 0.29) is 0 Å². The molecule has 0 aliphatic carbocycles. The zero-order valence-electron chi connectivity index (χ0n) is 7.46. The summed E-state index contributed by atoms with van der Waals surface area (Å²) in [5, 5.41) is 0. The lowest BCUT2D eigenvalue weighted by Crippen LogP contribution is -2.34. The van der Waals surface area contributed by atoms with Crippen molar-refractivity contribution in [1.82, 2.24) is 9.80 Å². The zero-order valence-corrected chi connectivity index (χ0v) is 7.46. The molecule has 0 saturated carbocycles. The van der Waals surface area contributed by atoms with Gasteiger partial charge < -0.3 is 0 Å². The van der Waals surface area contributed by atoms with Crippen molar-refractivity contribution < 1.29 is 0 Å². The van der Waals surface area contributed by atoms with Gasteiger partial charge in [0.05, 0.1) is 6.17 Å². The average Bonchev–Trinajstić information content (AvgIpc) is 2.09. The monoisotopic (exact) mass is 142 g/mol. The van der Waals surface area contributed by atoms with Crippen LogP contribution in [0.25, 0.3) is 0 Å². The third-order valence-electron chi connectivity index (χ3n) is 2.59. The van der Waals surface area contributed by atoms with Crippen LogP contribution in [0.4, 0.5) is 0 Å². The predicted molar refractivity (Wildman–Crippen MR) is 43.9 cm³/mol. The van der Waals surface area contributed by atoms with Gasteiger partial charge in [0.2, 0.25) is 0 Å². The molecule has 0 aromatic heterocycles. The van der Waals surface area contributed by atoms with Gasteiger partial charge in [-0.1, -0.05) is 6.92 Å². The molecule has 1 fully saturated rings. The van der Waals surface area contributed by atoms with Crippen molar-refractivity contribution in [3.05, 3.63) is 0 Å². The Hall–Kier alpha value is -0.0800. The topological polar surface area (TPSA) is 6.48 Å². The lowest BCUT2D eigenvalue weighted by atomic mass is 10.3. The van der Waals surface area contributed by atoms with Crippen LogP contribution >= 0.6 is 0 Å². The second-order valence-corrected chi connectivity index (χ2v) is 3.34. The van der Waals surface area contributed by atoms with Gasteiger partial charge in [0.1, 0.15) is 0 Å². The summed E-state index contributed by atoms with van der Waals surface area (Å²) in [7, 11) is 4.41. The van der Waals surface area contributed by atoms with Gasteiger partial charge in [-0.3, -0.25) is 9.80 Å². The van der Waals surface area contributed by atoms with Gasteiger partial charge in [0.15, 0.2) is 0 Å². The Balaban J connectivity index is 2.55. The molecular weight excluding hydrogens is 124 g/mol. The van der Waals surface area contributed by atoms with Crippen LogP contribution in [0.2, 0.25) is 0 Å². The summed E-state index contributed by atoms with van der Waals surface area (Å²) in [5.74, 6) is 0. The van der Waals surface area contributed by atoms with Gasteiger partial charge in [-0.25, -0.2) is 0 Å². The second-order valence-electron chi connectivity index (χ2n) is 3.34. The van der Waals surface area contributed by atoms with E-state index >= 15 is 0 Å². The van der Waals surface area contributed by atoms with Crippen LogP contribution in [0, 0.1) is 0 Å². The third-order valence-corrected chi connectivity index (χ3v) is 2.59. The number of rotatable bonds is 1. The Kier molecular flexibility index (Phi) is 2.32. The van der Waals surface area contributed by atoms with Crippen LogP contribution < -0.4 is 0 Å². The quantitative estimate of drug-likeness (QED) is 0.538. The van der Waals surface area contributed by atoms with E-state index in [1.165, 1.54) is 13.0 Å². The third kappa shape index (κ3) is 1.18. The van der Waals surface area contributed by atoms with E-state index in [9.17, 15) is 0 Å². The van der Waals surface area contributed by atoms with Crippen LogP contribution in [0.1, 0.15) is 20.3 Å². The molecule has 0 N–H and O–H groups in total. The zero-order chi connectivity index (χ0) is 7.72. The molecule has 1 heterocycles. The maximum atomic E-state index is 2.44. The van der Waals surface area contributed by atoms with E-state index in [0.29, 0.717) is 6.17 Å². The summed E-state index contributed by atoms with van der Waals surface area (Å²) in [6, 6.07) is 0.731. The van der Waals surface area contributed by atoms with Gasteiger partial charge in [-0.2, -0.15) is 0 Å². The second kappa shape index (κ2) is 2.89. The van der Waals surface area contributed by atoms with E-state index in [0.717, 1.165) is 6.04 Å². The average molecular weight is 142 g/mol. The lowest BCUT2D eigenvalue weighted by molar-refractivity contribution is 0.168. The standard InChI is InChI=1S/C8H18N2/c1-5-8-9(3)6-7(2)10(8)4/h7-8H,5-6H2,1-4H3. The number of likely N-dealkylation sites (N-methyl/N-ethyl adjacent to an activating group) is 2. The molecule has 2 unspecified atom stereocenters. The van der Waals surface area contributed by atoms with E-state index < -0.39 is 0 Å². The minimum absolute atomic E-state index is 0.676.